The number of hydrogen-bond acceptors (Lipinski definition) is 4. The molecule has 0 amide bonds. The second-order valence-electron chi connectivity index (χ2n) is 5.38. The topological polar surface area (TPSA) is 66.6 Å². The van der Waals surface area contributed by atoms with Crippen molar-refractivity contribution < 1.29 is 8.42 Å². The molecule has 0 radical (unpaired) electrons. The van der Waals surface area contributed by atoms with E-state index in [4.69, 9.17) is 5.73 Å². The van der Waals surface area contributed by atoms with Gasteiger partial charge in [0.25, 0.3) is 0 Å². The van der Waals surface area contributed by atoms with Crippen LogP contribution in [0.3, 0.4) is 0 Å². The zero-order valence-electron chi connectivity index (χ0n) is 11.6. The average molecular weight is 277 g/mol. The van der Waals surface area contributed by atoms with Gasteiger partial charge in [-0.3, -0.25) is 0 Å². The Morgan fingerprint density at radius 2 is 1.89 bits per heavy atom. The highest BCUT2D eigenvalue weighted by molar-refractivity contribution is 7.89. The molecule has 1 aliphatic rings. The van der Waals surface area contributed by atoms with Crippen LogP contribution in [0.2, 0.25) is 0 Å². The van der Waals surface area contributed by atoms with E-state index < -0.39 is 10.0 Å². The summed E-state index contributed by atoms with van der Waals surface area (Å²) >= 11 is 0. The molecular formula is C12H27N3O2S. The number of sulfonamides is 1. The van der Waals surface area contributed by atoms with Crippen molar-refractivity contribution in [1.29, 1.82) is 0 Å². The monoisotopic (exact) mass is 277 g/mol. The maximum atomic E-state index is 12.2. The lowest BCUT2D eigenvalue weighted by atomic mass is 10.2. The van der Waals surface area contributed by atoms with Crippen LogP contribution >= 0.6 is 0 Å². The largest absolute Gasteiger partial charge is 0.329 e. The molecule has 1 fully saturated rings. The summed E-state index contributed by atoms with van der Waals surface area (Å²) in [6, 6.07) is 0. The molecular weight excluding hydrogens is 250 g/mol. The van der Waals surface area contributed by atoms with Crippen molar-refractivity contribution in [3.63, 3.8) is 0 Å². The Hall–Kier alpha value is -0.170. The Labute approximate surface area is 111 Å². The van der Waals surface area contributed by atoms with E-state index in [1.54, 1.807) is 4.31 Å². The van der Waals surface area contributed by atoms with Crippen LogP contribution in [0.4, 0.5) is 0 Å². The van der Waals surface area contributed by atoms with Gasteiger partial charge in [-0.05, 0) is 25.3 Å². The molecule has 18 heavy (non-hydrogen) atoms. The molecule has 6 heteroatoms. The summed E-state index contributed by atoms with van der Waals surface area (Å²) in [5.41, 5.74) is 5.54. The molecule has 0 aromatic rings. The highest BCUT2D eigenvalue weighted by Gasteiger charge is 2.24. The predicted octanol–water partition coefficient (Wildman–Crippen LogP) is 0.329. The van der Waals surface area contributed by atoms with E-state index in [0.717, 1.165) is 32.5 Å². The first-order valence-corrected chi connectivity index (χ1v) is 8.47. The van der Waals surface area contributed by atoms with Crippen LogP contribution in [0.1, 0.15) is 26.7 Å². The van der Waals surface area contributed by atoms with Crippen molar-refractivity contribution >= 4 is 10.0 Å². The average Bonchev–Trinajstić information content (AvgIpc) is 2.53. The molecule has 0 bridgehead atoms. The maximum absolute atomic E-state index is 12.2. The summed E-state index contributed by atoms with van der Waals surface area (Å²) in [4.78, 5) is 2.25. The van der Waals surface area contributed by atoms with E-state index in [1.165, 1.54) is 0 Å². The minimum absolute atomic E-state index is 0.279. The van der Waals surface area contributed by atoms with Gasteiger partial charge in [-0.1, -0.05) is 13.8 Å². The third-order valence-corrected chi connectivity index (χ3v) is 5.24. The van der Waals surface area contributed by atoms with Gasteiger partial charge in [-0.25, -0.2) is 12.7 Å². The van der Waals surface area contributed by atoms with Crippen LogP contribution < -0.4 is 5.73 Å². The van der Waals surface area contributed by atoms with E-state index >= 15 is 0 Å². The first kappa shape index (κ1) is 15.9. The third-order valence-electron chi connectivity index (χ3n) is 3.34. The highest BCUT2D eigenvalue weighted by atomic mass is 32.2. The van der Waals surface area contributed by atoms with E-state index in [1.807, 2.05) is 0 Å². The van der Waals surface area contributed by atoms with E-state index in [2.05, 4.69) is 18.7 Å². The zero-order chi connectivity index (χ0) is 13.6. The Morgan fingerprint density at radius 1 is 1.17 bits per heavy atom. The fourth-order valence-electron chi connectivity index (χ4n) is 2.15. The summed E-state index contributed by atoms with van der Waals surface area (Å²) in [5.74, 6) is 0.710. The van der Waals surface area contributed by atoms with Gasteiger partial charge in [0.2, 0.25) is 10.0 Å². The first-order valence-electron chi connectivity index (χ1n) is 6.86. The summed E-state index contributed by atoms with van der Waals surface area (Å²) in [6.45, 7) is 8.63. The van der Waals surface area contributed by atoms with Gasteiger partial charge in [0, 0.05) is 32.7 Å². The Balaban J connectivity index is 2.51. The molecule has 0 aromatic heterocycles. The minimum atomic E-state index is -3.06. The fraction of sp³-hybridized carbons (Fsp3) is 1.00. The zero-order valence-corrected chi connectivity index (χ0v) is 12.5. The Kier molecular flexibility index (Phi) is 6.55. The molecule has 0 atom stereocenters. The van der Waals surface area contributed by atoms with E-state index in [-0.39, 0.29) is 5.75 Å². The lowest BCUT2D eigenvalue weighted by molar-refractivity contribution is 0.294. The van der Waals surface area contributed by atoms with Gasteiger partial charge < -0.3 is 10.6 Å². The Morgan fingerprint density at radius 3 is 2.50 bits per heavy atom. The van der Waals surface area contributed by atoms with E-state index in [9.17, 15) is 8.42 Å². The normalized spacial score (nSPS) is 20.2. The molecule has 0 aromatic carbocycles. The van der Waals surface area contributed by atoms with Crippen LogP contribution in [0.25, 0.3) is 0 Å². The van der Waals surface area contributed by atoms with Gasteiger partial charge in [0.05, 0.1) is 5.75 Å². The molecule has 5 nitrogen and oxygen atoms in total. The number of nitrogens with zero attached hydrogens (tertiary/aromatic N) is 2. The van der Waals surface area contributed by atoms with Crippen LogP contribution in [-0.4, -0.2) is 62.6 Å². The van der Waals surface area contributed by atoms with E-state index in [0.29, 0.717) is 25.6 Å². The van der Waals surface area contributed by atoms with Gasteiger partial charge in [-0.2, -0.15) is 0 Å². The lowest BCUT2D eigenvalue weighted by Crippen LogP contribution is -2.37. The second-order valence-corrected chi connectivity index (χ2v) is 7.47. The molecule has 1 heterocycles. The van der Waals surface area contributed by atoms with Gasteiger partial charge in [-0.15, -0.1) is 0 Å². The summed E-state index contributed by atoms with van der Waals surface area (Å²) in [6.07, 6.45) is 1.65. The van der Waals surface area contributed by atoms with Crippen LogP contribution in [0.5, 0.6) is 0 Å². The van der Waals surface area contributed by atoms with Crippen LogP contribution in [-0.2, 0) is 10.0 Å². The van der Waals surface area contributed by atoms with Gasteiger partial charge in [0.15, 0.2) is 0 Å². The van der Waals surface area contributed by atoms with Crippen molar-refractivity contribution in [1.82, 2.24) is 9.21 Å². The highest BCUT2D eigenvalue weighted by Crippen LogP contribution is 2.11. The number of rotatable bonds is 6. The molecule has 1 rings (SSSR count). The van der Waals surface area contributed by atoms with Crippen LogP contribution in [0.15, 0.2) is 0 Å². The third kappa shape index (κ3) is 5.22. The summed E-state index contributed by atoms with van der Waals surface area (Å²) in [7, 11) is -3.06. The molecule has 1 saturated heterocycles. The summed E-state index contributed by atoms with van der Waals surface area (Å²) in [5, 5.41) is 0. The minimum Gasteiger partial charge on any atom is -0.329 e. The lowest BCUT2D eigenvalue weighted by Gasteiger charge is -2.21. The number of hydrogen-bond donors (Lipinski definition) is 1. The molecule has 2 N–H and O–H groups in total. The van der Waals surface area contributed by atoms with Gasteiger partial charge in [0.1, 0.15) is 0 Å². The SMILES string of the molecule is CC(C)CCS(=O)(=O)N1CCCN(CCN)CC1. The number of nitrogens with two attached hydrogens (primary N) is 1. The summed E-state index contributed by atoms with van der Waals surface area (Å²) < 4.78 is 26.0. The van der Waals surface area contributed by atoms with Crippen molar-refractivity contribution in [2.75, 3.05) is 45.0 Å². The van der Waals surface area contributed by atoms with Crippen molar-refractivity contribution in [3.05, 3.63) is 0 Å². The van der Waals surface area contributed by atoms with Crippen molar-refractivity contribution in [2.45, 2.75) is 26.7 Å². The predicted molar refractivity (Wildman–Crippen MR) is 74.9 cm³/mol. The molecule has 0 spiro atoms. The van der Waals surface area contributed by atoms with Gasteiger partial charge >= 0.3 is 0 Å². The molecule has 108 valence electrons. The molecule has 1 aliphatic heterocycles. The fourth-order valence-corrected chi connectivity index (χ4v) is 3.94. The quantitative estimate of drug-likeness (QED) is 0.760. The van der Waals surface area contributed by atoms with Crippen LogP contribution in [0, 0.1) is 5.92 Å². The standard InChI is InChI=1S/C12H27N3O2S/c1-12(2)4-11-18(16,17)15-7-3-6-14(8-5-13)9-10-15/h12H,3-11,13H2,1-2H3. The smallest absolute Gasteiger partial charge is 0.214 e. The second kappa shape index (κ2) is 7.43. The maximum Gasteiger partial charge on any atom is 0.214 e. The Bertz CT molecular complexity index is 330. The first-order chi connectivity index (χ1) is 8.45. The van der Waals surface area contributed by atoms with Crippen molar-refractivity contribution in [3.8, 4) is 0 Å². The van der Waals surface area contributed by atoms with Crippen molar-refractivity contribution in [2.24, 2.45) is 11.7 Å². The molecule has 0 saturated carbocycles. The molecule has 0 unspecified atom stereocenters. The molecule has 0 aliphatic carbocycles.